The first-order valence-electron chi connectivity index (χ1n) is 7.50. The smallest absolute Gasteiger partial charge is 0.0579 e. The van der Waals surface area contributed by atoms with E-state index in [1.807, 2.05) is 0 Å². The molecular formula is C20H30MnNa+. The van der Waals surface area contributed by atoms with Crippen molar-refractivity contribution in [2.75, 3.05) is 0 Å². The van der Waals surface area contributed by atoms with Crippen LogP contribution in [-0.4, -0.2) is 0 Å². The van der Waals surface area contributed by atoms with E-state index in [4.69, 9.17) is 0 Å². The van der Waals surface area contributed by atoms with Crippen LogP contribution in [0.3, 0.4) is 0 Å². The molecule has 0 atom stereocenters. The van der Waals surface area contributed by atoms with Crippen LogP contribution in [0.15, 0.2) is 0 Å². The molecule has 0 bridgehead atoms. The SMILES string of the molecule is C[C]1[C](C)[C](C)[C](C)[C]1C.C[C]1[C](C)[C](C)[C](C)[C]1C.[Mn].[Na+]. The van der Waals surface area contributed by atoms with Crippen molar-refractivity contribution in [3.63, 3.8) is 0 Å². The summed E-state index contributed by atoms with van der Waals surface area (Å²) in [6.07, 6.45) is 0. The van der Waals surface area contributed by atoms with Crippen LogP contribution < -0.4 is 29.6 Å². The van der Waals surface area contributed by atoms with E-state index in [9.17, 15) is 0 Å². The van der Waals surface area contributed by atoms with E-state index < -0.39 is 0 Å². The standard InChI is InChI=1S/2C10H15.Mn.Na/c2*1-6-7(2)9(4)10(5)8(6)3;;/h2*1-5H3;;/q;;;+1. The van der Waals surface area contributed by atoms with Crippen LogP contribution in [0.25, 0.3) is 0 Å². The van der Waals surface area contributed by atoms with Gasteiger partial charge in [-0.1, -0.05) is 69.2 Å². The molecule has 2 heteroatoms. The molecule has 0 aromatic rings. The molecule has 0 nitrogen and oxygen atoms in total. The first kappa shape index (κ1) is 25.8. The van der Waals surface area contributed by atoms with Crippen molar-refractivity contribution in [2.24, 2.45) is 0 Å². The summed E-state index contributed by atoms with van der Waals surface area (Å²) in [6, 6.07) is 0. The van der Waals surface area contributed by atoms with Gasteiger partial charge in [0.05, 0.1) is 0 Å². The van der Waals surface area contributed by atoms with E-state index >= 15 is 0 Å². The molecule has 2 fully saturated rings. The van der Waals surface area contributed by atoms with E-state index in [-0.39, 0.29) is 46.6 Å². The normalized spacial score (nSPS) is 25.9. The van der Waals surface area contributed by atoms with E-state index in [2.05, 4.69) is 69.2 Å². The Morgan fingerprint density at radius 1 is 0.273 bits per heavy atom. The summed E-state index contributed by atoms with van der Waals surface area (Å²) in [7, 11) is 0. The van der Waals surface area contributed by atoms with Crippen LogP contribution in [0, 0.1) is 59.2 Å². The van der Waals surface area contributed by atoms with Crippen LogP contribution in [0.1, 0.15) is 69.2 Å². The fourth-order valence-corrected chi connectivity index (χ4v) is 2.81. The second kappa shape index (κ2) is 10.5. The van der Waals surface area contributed by atoms with Crippen LogP contribution >= 0.6 is 0 Å². The summed E-state index contributed by atoms with van der Waals surface area (Å²) in [5.41, 5.74) is 0. The second-order valence-electron chi connectivity index (χ2n) is 6.25. The summed E-state index contributed by atoms with van der Waals surface area (Å²) in [6.45, 7) is 22.0. The first-order valence-corrected chi connectivity index (χ1v) is 7.50. The van der Waals surface area contributed by atoms with Gasteiger partial charge in [-0.2, -0.15) is 0 Å². The molecule has 0 unspecified atom stereocenters. The molecule has 0 N–H and O–H groups in total. The van der Waals surface area contributed by atoms with Crippen molar-refractivity contribution < 1.29 is 46.6 Å². The molecule has 0 spiro atoms. The Bertz CT molecular complexity index is 186. The van der Waals surface area contributed by atoms with Gasteiger partial charge in [0.15, 0.2) is 0 Å². The summed E-state index contributed by atoms with van der Waals surface area (Å²) in [5, 5.41) is 0. The largest absolute Gasteiger partial charge is 1.00 e. The number of hydrogen-bond acceptors (Lipinski definition) is 0. The third-order valence-corrected chi connectivity index (χ3v) is 5.62. The Morgan fingerprint density at radius 3 is 0.364 bits per heavy atom. The molecule has 2 saturated carbocycles. The zero-order chi connectivity index (χ0) is 15.8. The van der Waals surface area contributed by atoms with Gasteiger partial charge in [0, 0.05) is 17.1 Å². The van der Waals surface area contributed by atoms with E-state index in [0.29, 0.717) is 0 Å². The molecular weight excluding hydrogens is 318 g/mol. The van der Waals surface area contributed by atoms with Crippen LogP contribution in [0.2, 0.25) is 0 Å². The van der Waals surface area contributed by atoms with Crippen LogP contribution in [0.4, 0.5) is 0 Å². The monoisotopic (exact) mass is 348 g/mol. The molecule has 117 valence electrons. The number of hydrogen-bond donors (Lipinski definition) is 0. The molecule has 2 aliphatic carbocycles. The predicted molar refractivity (Wildman–Crippen MR) is 89.2 cm³/mol. The molecule has 0 aromatic carbocycles. The van der Waals surface area contributed by atoms with Crippen molar-refractivity contribution >= 4 is 0 Å². The maximum Gasteiger partial charge on any atom is 1.00 e. The average Bonchev–Trinajstić information content (AvgIpc) is 2.71. The Labute approximate surface area is 174 Å². The van der Waals surface area contributed by atoms with E-state index in [0.717, 1.165) is 0 Å². The minimum Gasteiger partial charge on any atom is -0.0579 e. The van der Waals surface area contributed by atoms with Gasteiger partial charge in [0.2, 0.25) is 0 Å². The summed E-state index contributed by atoms with van der Waals surface area (Å²) < 4.78 is 0. The maximum atomic E-state index is 2.20. The molecule has 22 heavy (non-hydrogen) atoms. The third kappa shape index (κ3) is 5.26. The van der Waals surface area contributed by atoms with Crippen molar-refractivity contribution in [1.29, 1.82) is 0 Å². The zero-order valence-electron chi connectivity index (χ0n) is 16.4. The van der Waals surface area contributed by atoms with Crippen LogP contribution in [-0.2, 0) is 17.1 Å². The minimum absolute atomic E-state index is 0. The van der Waals surface area contributed by atoms with Gasteiger partial charge >= 0.3 is 29.6 Å². The zero-order valence-corrected chi connectivity index (χ0v) is 19.6. The topological polar surface area (TPSA) is 0 Å². The maximum absolute atomic E-state index is 2.20. The van der Waals surface area contributed by atoms with Gasteiger partial charge in [-0.3, -0.25) is 0 Å². The molecule has 0 aromatic heterocycles. The first-order chi connectivity index (χ1) is 9.11. The van der Waals surface area contributed by atoms with Crippen molar-refractivity contribution in [1.82, 2.24) is 0 Å². The molecule has 11 radical (unpaired) electrons. The Kier molecular flexibility index (Phi) is 12.3. The number of rotatable bonds is 0. The van der Waals surface area contributed by atoms with E-state index in [1.165, 1.54) is 59.2 Å². The molecule has 2 rings (SSSR count). The van der Waals surface area contributed by atoms with Gasteiger partial charge in [0.1, 0.15) is 0 Å². The Morgan fingerprint density at radius 2 is 0.318 bits per heavy atom. The minimum atomic E-state index is 0. The van der Waals surface area contributed by atoms with Gasteiger partial charge in [-0.05, 0) is 59.2 Å². The second-order valence-corrected chi connectivity index (χ2v) is 6.25. The molecule has 0 saturated heterocycles. The van der Waals surface area contributed by atoms with Gasteiger partial charge in [0.25, 0.3) is 0 Å². The van der Waals surface area contributed by atoms with E-state index in [1.54, 1.807) is 0 Å². The fraction of sp³-hybridized carbons (Fsp3) is 0.500. The van der Waals surface area contributed by atoms with Gasteiger partial charge in [-0.15, -0.1) is 0 Å². The van der Waals surface area contributed by atoms with Crippen molar-refractivity contribution in [3.05, 3.63) is 59.2 Å². The third-order valence-electron chi connectivity index (χ3n) is 5.62. The van der Waals surface area contributed by atoms with Crippen molar-refractivity contribution in [2.45, 2.75) is 69.2 Å². The Balaban J connectivity index is 0. The molecule has 0 aliphatic heterocycles. The van der Waals surface area contributed by atoms with Gasteiger partial charge < -0.3 is 0 Å². The Hall–Kier alpha value is 1.52. The van der Waals surface area contributed by atoms with Gasteiger partial charge in [-0.25, -0.2) is 0 Å². The summed E-state index contributed by atoms with van der Waals surface area (Å²) in [5.74, 6) is 14.7. The molecule has 0 heterocycles. The summed E-state index contributed by atoms with van der Waals surface area (Å²) >= 11 is 0. The van der Waals surface area contributed by atoms with Crippen molar-refractivity contribution in [3.8, 4) is 0 Å². The molecule has 0 amide bonds. The average molecular weight is 348 g/mol. The molecule has 2 aliphatic rings. The fourth-order valence-electron chi connectivity index (χ4n) is 2.81. The quantitative estimate of drug-likeness (QED) is 0.591. The van der Waals surface area contributed by atoms with Crippen LogP contribution in [0.5, 0.6) is 0 Å². The summed E-state index contributed by atoms with van der Waals surface area (Å²) in [4.78, 5) is 0. The predicted octanol–water partition coefficient (Wildman–Crippen LogP) is 2.95.